The van der Waals surface area contributed by atoms with E-state index in [2.05, 4.69) is 26.6 Å². The molecule has 2 aromatic carbocycles. The molecule has 0 aliphatic rings. The van der Waals surface area contributed by atoms with Crippen LogP contribution < -0.4 is 10.6 Å². The molecule has 0 radical (unpaired) electrons. The summed E-state index contributed by atoms with van der Waals surface area (Å²) >= 11 is 14.2. The maximum atomic E-state index is 13.1. The monoisotopic (exact) mass is 372 g/mol. The third-order valence-electron chi connectivity index (χ3n) is 2.52. The molecule has 2 rings (SSSR count). The molecule has 0 aliphatic heterocycles. The molecule has 2 aromatic rings. The number of hydrogen-bond acceptors (Lipinski definition) is 1. The van der Waals surface area contributed by atoms with Crippen LogP contribution in [0.2, 0.25) is 5.02 Å². The molecule has 0 bridgehead atoms. The molecule has 0 fully saturated rings. The van der Waals surface area contributed by atoms with Crippen molar-refractivity contribution in [1.82, 2.24) is 5.32 Å². The normalized spacial score (nSPS) is 10.2. The van der Waals surface area contributed by atoms with E-state index in [1.807, 2.05) is 12.1 Å². The van der Waals surface area contributed by atoms with E-state index in [1.165, 1.54) is 6.07 Å². The second-order valence-electron chi connectivity index (χ2n) is 4.07. The molecule has 2 nitrogen and oxygen atoms in total. The summed E-state index contributed by atoms with van der Waals surface area (Å²) in [6.07, 6.45) is 0. The number of rotatable bonds is 3. The Morgan fingerprint density at radius 2 is 2.05 bits per heavy atom. The highest BCUT2D eigenvalue weighted by molar-refractivity contribution is 9.10. The van der Waals surface area contributed by atoms with Gasteiger partial charge in [-0.2, -0.15) is 0 Å². The van der Waals surface area contributed by atoms with Crippen LogP contribution in [0.5, 0.6) is 0 Å². The second kappa shape index (κ2) is 7.02. The Kier molecular flexibility index (Phi) is 5.34. The lowest BCUT2D eigenvalue weighted by molar-refractivity contribution is 0.620. The van der Waals surface area contributed by atoms with Gasteiger partial charge >= 0.3 is 0 Å². The van der Waals surface area contributed by atoms with Gasteiger partial charge in [-0.05, 0) is 64.0 Å². The van der Waals surface area contributed by atoms with E-state index < -0.39 is 0 Å². The van der Waals surface area contributed by atoms with Crippen LogP contribution in [0, 0.1) is 5.82 Å². The van der Waals surface area contributed by atoms with Crippen LogP contribution in [0.25, 0.3) is 0 Å². The van der Waals surface area contributed by atoms with Gasteiger partial charge in [-0.1, -0.05) is 23.7 Å². The summed E-state index contributed by atoms with van der Waals surface area (Å²) in [4.78, 5) is 0. The van der Waals surface area contributed by atoms with Crippen molar-refractivity contribution < 1.29 is 4.39 Å². The van der Waals surface area contributed by atoms with E-state index in [9.17, 15) is 4.39 Å². The van der Waals surface area contributed by atoms with Gasteiger partial charge in [0.15, 0.2) is 5.11 Å². The Labute approximate surface area is 135 Å². The van der Waals surface area contributed by atoms with Crippen molar-refractivity contribution in [2.24, 2.45) is 0 Å². The zero-order chi connectivity index (χ0) is 14.5. The topological polar surface area (TPSA) is 24.1 Å². The summed E-state index contributed by atoms with van der Waals surface area (Å²) in [5.41, 5.74) is 1.74. The Balaban J connectivity index is 1.90. The van der Waals surface area contributed by atoms with E-state index >= 15 is 0 Å². The molecule has 0 heterocycles. The lowest BCUT2D eigenvalue weighted by Crippen LogP contribution is -2.27. The van der Waals surface area contributed by atoms with E-state index in [0.29, 0.717) is 21.2 Å². The standard InChI is InChI=1S/C14H11BrClFN2S/c15-12-6-9(4-5-13(12)17)8-18-14(20)19-11-3-1-2-10(16)7-11/h1-7H,8H2,(H2,18,19,20). The van der Waals surface area contributed by atoms with Crippen molar-refractivity contribution in [3.05, 3.63) is 63.3 Å². The average molecular weight is 374 g/mol. The van der Waals surface area contributed by atoms with Gasteiger partial charge in [0.1, 0.15) is 5.82 Å². The average Bonchev–Trinajstić information content (AvgIpc) is 2.40. The van der Waals surface area contributed by atoms with Crippen molar-refractivity contribution in [1.29, 1.82) is 0 Å². The third kappa shape index (κ3) is 4.44. The molecule has 20 heavy (non-hydrogen) atoms. The smallest absolute Gasteiger partial charge is 0.171 e. The van der Waals surface area contributed by atoms with Crippen molar-refractivity contribution >= 4 is 50.5 Å². The first-order chi connectivity index (χ1) is 9.54. The van der Waals surface area contributed by atoms with E-state index in [4.69, 9.17) is 23.8 Å². The molecular weight excluding hydrogens is 363 g/mol. The molecule has 0 saturated carbocycles. The Bertz CT molecular complexity index is 636. The molecule has 0 aliphatic carbocycles. The summed E-state index contributed by atoms with van der Waals surface area (Å²) in [5.74, 6) is -0.284. The molecule has 0 aromatic heterocycles. The van der Waals surface area contributed by atoms with Gasteiger partial charge in [-0.25, -0.2) is 4.39 Å². The predicted octanol–water partition coefficient (Wildman–Crippen LogP) is 4.73. The molecule has 0 atom stereocenters. The maximum absolute atomic E-state index is 13.1. The van der Waals surface area contributed by atoms with E-state index in [-0.39, 0.29) is 5.82 Å². The van der Waals surface area contributed by atoms with E-state index in [0.717, 1.165) is 11.3 Å². The van der Waals surface area contributed by atoms with Gasteiger partial charge in [0.05, 0.1) is 4.47 Å². The Hall–Kier alpha value is -1.17. The lowest BCUT2D eigenvalue weighted by Gasteiger charge is -2.11. The highest BCUT2D eigenvalue weighted by atomic mass is 79.9. The Morgan fingerprint density at radius 1 is 1.25 bits per heavy atom. The fourth-order valence-corrected chi connectivity index (χ4v) is 2.38. The van der Waals surface area contributed by atoms with Gasteiger partial charge in [-0.15, -0.1) is 0 Å². The van der Waals surface area contributed by atoms with Crippen LogP contribution >= 0.6 is 39.7 Å². The number of hydrogen-bond donors (Lipinski definition) is 2. The summed E-state index contributed by atoms with van der Waals surface area (Å²) in [5, 5.41) is 7.20. The van der Waals surface area contributed by atoms with Crippen molar-refractivity contribution in [3.63, 3.8) is 0 Å². The van der Waals surface area contributed by atoms with Crippen LogP contribution in [0.3, 0.4) is 0 Å². The predicted molar refractivity (Wildman–Crippen MR) is 88.6 cm³/mol. The highest BCUT2D eigenvalue weighted by Gasteiger charge is 2.02. The van der Waals surface area contributed by atoms with Crippen molar-refractivity contribution in [2.45, 2.75) is 6.54 Å². The number of halogens is 3. The summed E-state index contributed by atoms with van der Waals surface area (Å²) < 4.78 is 13.5. The van der Waals surface area contributed by atoms with Crippen LogP contribution in [0.1, 0.15) is 5.56 Å². The van der Waals surface area contributed by atoms with Crippen LogP contribution in [0.15, 0.2) is 46.9 Å². The van der Waals surface area contributed by atoms with Gasteiger partial charge in [-0.3, -0.25) is 0 Å². The number of nitrogens with one attached hydrogen (secondary N) is 2. The lowest BCUT2D eigenvalue weighted by atomic mass is 10.2. The largest absolute Gasteiger partial charge is 0.358 e. The first-order valence-corrected chi connectivity index (χ1v) is 7.37. The van der Waals surface area contributed by atoms with Crippen molar-refractivity contribution in [2.75, 3.05) is 5.32 Å². The number of anilines is 1. The summed E-state index contributed by atoms with van der Waals surface area (Å²) in [6, 6.07) is 12.1. The highest BCUT2D eigenvalue weighted by Crippen LogP contribution is 2.17. The zero-order valence-electron chi connectivity index (χ0n) is 10.3. The van der Waals surface area contributed by atoms with Crippen LogP contribution in [0.4, 0.5) is 10.1 Å². The fourth-order valence-electron chi connectivity index (χ4n) is 1.57. The van der Waals surface area contributed by atoms with Gasteiger partial charge < -0.3 is 10.6 Å². The maximum Gasteiger partial charge on any atom is 0.171 e. The second-order valence-corrected chi connectivity index (χ2v) is 5.77. The summed E-state index contributed by atoms with van der Waals surface area (Å²) in [7, 11) is 0. The van der Waals surface area contributed by atoms with Gasteiger partial charge in [0.25, 0.3) is 0 Å². The quantitative estimate of drug-likeness (QED) is 0.761. The number of benzene rings is 2. The first-order valence-electron chi connectivity index (χ1n) is 5.79. The number of thiocarbonyl (C=S) groups is 1. The molecular formula is C14H11BrClFN2S. The first kappa shape index (κ1) is 15.2. The zero-order valence-corrected chi connectivity index (χ0v) is 13.4. The molecule has 6 heteroatoms. The van der Waals surface area contributed by atoms with Gasteiger partial charge in [0, 0.05) is 17.3 Å². The minimum absolute atomic E-state index is 0.284. The summed E-state index contributed by atoms with van der Waals surface area (Å²) in [6.45, 7) is 0.505. The van der Waals surface area contributed by atoms with Crippen LogP contribution in [-0.2, 0) is 6.54 Å². The van der Waals surface area contributed by atoms with E-state index in [1.54, 1.807) is 24.3 Å². The fraction of sp³-hybridized carbons (Fsp3) is 0.0714. The molecule has 2 N–H and O–H groups in total. The minimum atomic E-state index is -0.284. The molecule has 0 saturated heterocycles. The minimum Gasteiger partial charge on any atom is -0.358 e. The van der Waals surface area contributed by atoms with Crippen LogP contribution in [-0.4, -0.2) is 5.11 Å². The molecule has 0 unspecified atom stereocenters. The SMILES string of the molecule is Fc1ccc(CNC(=S)Nc2cccc(Cl)c2)cc1Br. The molecule has 0 amide bonds. The third-order valence-corrected chi connectivity index (χ3v) is 3.61. The molecule has 0 spiro atoms. The van der Waals surface area contributed by atoms with Crippen molar-refractivity contribution in [3.8, 4) is 0 Å². The van der Waals surface area contributed by atoms with Gasteiger partial charge in [0.2, 0.25) is 0 Å². The Morgan fingerprint density at radius 3 is 2.75 bits per heavy atom. The molecule has 104 valence electrons.